The SMILES string of the molecule is O=C(NCCN1CCOCC1)c1cc(-c2ccccc2)nc2ccc(Cl)cc12. The smallest absolute Gasteiger partial charge is 0.252 e. The normalized spacial score (nSPS) is 14.9. The third kappa shape index (κ3) is 4.33. The Hall–Kier alpha value is -2.47. The van der Waals surface area contributed by atoms with Gasteiger partial charge in [0.1, 0.15) is 0 Å². The highest BCUT2D eigenvalue weighted by atomic mass is 35.5. The van der Waals surface area contributed by atoms with Gasteiger partial charge < -0.3 is 10.1 Å². The Morgan fingerprint density at radius 3 is 2.68 bits per heavy atom. The van der Waals surface area contributed by atoms with E-state index < -0.39 is 0 Å². The van der Waals surface area contributed by atoms with E-state index in [0.29, 0.717) is 17.1 Å². The van der Waals surface area contributed by atoms with Crippen LogP contribution in [-0.4, -0.2) is 55.2 Å². The van der Waals surface area contributed by atoms with Crippen LogP contribution in [0.15, 0.2) is 54.6 Å². The molecule has 2 heterocycles. The number of aromatic nitrogens is 1. The Labute approximate surface area is 169 Å². The molecule has 5 nitrogen and oxygen atoms in total. The number of carbonyl (C=O) groups excluding carboxylic acids is 1. The lowest BCUT2D eigenvalue weighted by atomic mass is 10.0. The second-order valence-electron chi connectivity index (χ2n) is 6.79. The van der Waals surface area contributed by atoms with Gasteiger partial charge in [-0.05, 0) is 24.3 Å². The molecule has 0 saturated carbocycles. The van der Waals surface area contributed by atoms with Crippen LogP contribution in [0.3, 0.4) is 0 Å². The molecular weight excluding hydrogens is 374 g/mol. The summed E-state index contributed by atoms with van der Waals surface area (Å²) in [6.07, 6.45) is 0. The highest BCUT2D eigenvalue weighted by Crippen LogP contribution is 2.27. The summed E-state index contributed by atoms with van der Waals surface area (Å²) in [6, 6.07) is 17.2. The van der Waals surface area contributed by atoms with E-state index in [4.69, 9.17) is 21.3 Å². The molecule has 0 bridgehead atoms. The number of morpholine rings is 1. The zero-order valence-electron chi connectivity index (χ0n) is 15.5. The number of rotatable bonds is 5. The lowest BCUT2D eigenvalue weighted by Gasteiger charge is -2.26. The molecule has 0 aliphatic carbocycles. The number of nitrogens with one attached hydrogen (secondary N) is 1. The molecule has 1 aromatic heterocycles. The molecule has 1 N–H and O–H groups in total. The number of fused-ring (bicyclic) bond motifs is 1. The first-order valence-electron chi connectivity index (χ1n) is 9.45. The number of ether oxygens (including phenoxy) is 1. The second kappa shape index (κ2) is 8.69. The van der Waals surface area contributed by atoms with Gasteiger partial charge in [0.2, 0.25) is 0 Å². The van der Waals surface area contributed by atoms with Crippen LogP contribution in [0.25, 0.3) is 22.2 Å². The van der Waals surface area contributed by atoms with E-state index in [1.165, 1.54) is 0 Å². The predicted molar refractivity (Wildman–Crippen MR) is 112 cm³/mol. The van der Waals surface area contributed by atoms with Gasteiger partial charge in [0.05, 0.1) is 30.0 Å². The van der Waals surface area contributed by atoms with Crippen LogP contribution in [-0.2, 0) is 4.74 Å². The number of amides is 1. The fourth-order valence-electron chi connectivity index (χ4n) is 3.39. The Kier molecular flexibility index (Phi) is 5.86. The van der Waals surface area contributed by atoms with E-state index in [0.717, 1.165) is 55.0 Å². The van der Waals surface area contributed by atoms with E-state index in [1.807, 2.05) is 42.5 Å². The summed E-state index contributed by atoms with van der Waals surface area (Å²) in [6.45, 7) is 4.71. The fraction of sp³-hybridized carbons (Fsp3) is 0.273. The highest BCUT2D eigenvalue weighted by molar-refractivity contribution is 6.31. The molecule has 6 heteroatoms. The molecule has 2 aromatic carbocycles. The molecular formula is C22H22ClN3O2. The summed E-state index contributed by atoms with van der Waals surface area (Å²) < 4.78 is 5.36. The van der Waals surface area contributed by atoms with E-state index in [2.05, 4.69) is 10.2 Å². The molecule has 1 aliphatic heterocycles. The number of pyridine rings is 1. The average molecular weight is 396 g/mol. The highest BCUT2D eigenvalue weighted by Gasteiger charge is 2.15. The standard InChI is InChI=1S/C22H22ClN3O2/c23-17-6-7-20-18(14-17)19(15-21(25-20)16-4-2-1-3-5-16)22(27)24-8-9-26-10-12-28-13-11-26/h1-7,14-15H,8-13H2,(H,24,27). The molecule has 0 spiro atoms. The van der Waals surface area contributed by atoms with Crippen molar-refractivity contribution in [3.8, 4) is 11.3 Å². The van der Waals surface area contributed by atoms with Crippen LogP contribution in [0.4, 0.5) is 0 Å². The monoisotopic (exact) mass is 395 g/mol. The molecule has 3 aromatic rings. The minimum Gasteiger partial charge on any atom is -0.379 e. The summed E-state index contributed by atoms with van der Waals surface area (Å²) in [4.78, 5) is 20.0. The van der Waals surface area contributed by atoms with Gasteiger partial charge in [-0.1, -0.05) is 41.9 Å². The first kappa shape index (κ1) is 18.9. The van der Waals surface area contributed by atoms with E-state index in [-0.39, 0.29) is 5.91 Å². The molecule has 1 amide bonds. The molecule has 4 rings (SSSR count). The molecule has 0 radical (unpaired) electrons. The average Bonchev–Trinajstić information content (AvgIpc) is 2.74. The van der Waals surface area contributed by atoms with Crippen molar-refractivity contribution in [3.05, 3.63) is 65.2 Å². The van der Waals surface area contributed by atoms with Crippen LogP contribution >= 0.6 is 11.6 Å². The molecule has 0 unspecified atom stereocenters. The Morgan fingerprint density at radius 2 is 1.89 bits per heavy atom. The van der Waals surface area contributed by atoms with Crippen LogP contribution in [0.5, 0.6) is 0 Å². The molecule has 1 fully saturated rings. The summed E-state index contributed by atoms with van der Waals surface area (Å²) in [7, 11) is 0. The predicted octanol–water partition coefficient (Wildman–Crippen LogP) is 3.62. The number of benzene rings is 2. The van der Waals surface area contributed by atoms with Gasteiger partial charge in [-0.2, -0.15) is 0 Å². The molecule has 144 valence electrons. The van der Waals surface area contributed by atoms with E-state index >= 15 is 0 Å². The maximum absolute atomic E-state index is 13.0. The number of nitrogens with zero attached hydrogens (tertiary/aromatic N) is 2. The molecule has 0 atom stereocenters. The van der Waals surface area contributed by atoms with Crippen molar-refractivity contribution in [1.29, 1.82) is 0 Å². The van der Waals surface area contributed by atoms with Crippen molar-refractivity contribution in [1.82, 2.24) is 15.2 Å². The summed E-state index contributed by atoms with van der Waals surface area (Å²) in [5.74, 6) is -0.111. The molecule has 1 saturated heterocycles. The van der Waals surface area contributed by atoms with E-state index in [1.54, 1.807) is 12.1 Å². The lowest BCUT2D eigenvalue weighted by molar-refractivity contribution is 0.0383. The van der Waals surface area contributed by atoms with Crippen LogP contribution < -0.4 is 5.32 Å². The van der Waals surface area contributed by atoms with Crippen molar-refractivity contribution in [3.63, 3.8) is 0 Å². The largest absolute Gasteiger partial charge is 0.379 e. The molecule has 28 heavy (non-hydrogen) atoms. The van der Waals surface area contributed by atoms with Gasteiger partial charge in [0, 0.05) is 42.2 Å². The van der Waals surface area contributed by atoms with Crippen molar-refractivity contribution in [2.75, 3.05) is 39.4 Å². The van der Waals surface area contributed by atoms with Crippen LogP contribution in [0.2, 0.25) is 5.02 Å². The third-order valence-electron chi connectivity index (χ3n) is 4.90. The topological polar surface area (TPSA) is 54.5 Å². The Morgan fingerprint density at radius 1 is 1.11 bits per heavy atom. The minimum absolute atomic E-state index is 0.111. The van der Waals surface area contributed by atoms with Gasteiger partial charge in [0.15, 0.2) is 0 Å². The van der Waals surface area contributed by atoms with Gasteiger partial charge in [0.25, 0.3) is 5.91 Å². The summed E-state index contributed by atoms with van der Waals surface area (Å²) >= 11 is 6.18. The minimum atomic E-state index is -0.111. The lowest BCUT2D eigenvalue weighted by Crippen LogP contribution is -2.41. The van der Waals surface area contributed by atoms with Crippen LogP contribution in [0.1, 0.15) is 10.4 Å². The number of halogens is 1. The van der Waals surface area contributed by atoms with Crippen LogP contribution in [0, 0.1) is 0 Å². The maximum atomic E-state index is 13.0. The number of carbonyl (C=O) groups is 1. The summed E-state index contributed by atoms with van der Waals surface area (Å²) in [5, 5.41) is 4.39. The van der Waals surface area contributed by atoms with E-state index in [9.17, 15) is 4.79 Å². The second-order valence-corrected chi connectivity index (χ2v) is 7.23. The fourth-order valence-corrected chi connectivity index (χ4v) is 3.56. The summed E-state index contributed by atoms with van der Waals surface area (Å²) in [5.41, 5.74) is 3.09. The van der Waals surface area contributed by atoms with Crippen molar-refractivity contribution in [2.45, 2.75) is 0 Å². The zero-order chi connectivity index (χ0) is 19.3. The first-order chi connectivity index (χ1) is 13.7. The maximum Gasteiger partial charge on any atom is 0.252 e. The van der Waals surface area contributed by atoms with Gasteiger partial charge >= 0.3 is 0 Å². The zero-order valence-corrected chi connectivity index (χ0v) is 16.3. The third-order valence-corrected chi connectivity index (χ3v) is 5.14. The van der Waals surface area contributed by atoms with Crippen molar-refractivity contribution < 1.29 is 9.53 Å². The van der Waals surface area contributed by atoms with Crippen molar-refractivity contribution in [2.24, 2.45) is 0 Å². The number of hydrogen-bond acceptors (Lipinski definition) is 4. The first-order valence-corrected chi connectivity index (χ1v) is 9.82. The molecule has 1 aliphatic rings. The number of hydrogen-bond donors (Lipinski definition) is 1. The van der Waals surface area contributed by atoms with Crippen molar-refractivity contribution >= 4 is 28.4 Å². The van der Waals surface area contributed by atoms with Gasteiger partial charge in [-0.25, -0.2) is 4.98 Å². The quantitative estimate of drug-likeness (QED) is 0.717. The van der Waals surface area contributed by atoms with Gasteiger partial charge in [-0.15, -0.1) is 0 Å². The van der Waals surface area contributed by atoms with Gasteiger partial charge in [-0.3, -0.25) is 9.69 Å². The Balaban J connectivity index is 1.60. The Bertz CT molecular complexity index is 972.